The monoisotopic (exact) mass is 275 g/mol. The Balaban J connectivity index is 2.57. The van der Waals surface area contributed by atoms with Gasteiger partial charge in [0.05, 0.1) is 13.2 Å². The van der Waals surface area contributed by atoms with Crippen molar-refractivity contribution in [3.05, 3.63) is 35.4 Å². The Hall–Kier alpha value is -1.34. The summed E-state index contributed by atoms with van der Waals surface area (Å²) in [4.78, 5) is 2.36. The maximum absolute atomic E-state index is 8.73. The Kier molecular flexibility index (Phi) is 8.73. The predicted molar refractivity (Wildman–Crippen MR) is 82.5 cm³/mol. The van der Waals surface area contributed by atoms with Crippen LogP contribution in [0.5, 0.6) is 0 Å². The molecule has 0 saturated carbocycles. The van der Waals surface area contributed by atoms with E-state index < -0.39 is 0 Å². The number of rotatable bonds is 8. The van der Waals surface area contributed by atoms with Crippen LogP contribution in [0.1, 0.15) is 31.4 Å². The molecule has 0 spiro atoms. The van der Waals surface area contributed by atoms with Crippen LogP contribution >= 0.6 is 0 Å². The van der Waals surface area contributed by atoms with Crippen molar-refractivity contribution < 1.29 is 9.84 Å². The smallest absolute Gasteiger partial charge is 0.0593 e. The standard InChI is InChI=1S/C17H25NO2/c1-3-18(11-13-20-4-2)15-17-10-7-9-16(14-17)8-5-6-12-19/h7,9-10,14,19H,3-4,6,11-13,15H2,1-2H3. The van der Waals surface area contributed by atoms with Gasteiger partial charge in [-0.15, -0.1) is 0 Å². The Morgan fingerprint density at radius 2 is 2.15 bits per heavy atom. The molecule has 0 atom stereocenters. The summed E-state index contributed by atoms with van der Waals surface area (Å²) in [5, 5.41) is 8.73. The molecule has 0 unspecified atom stereocenters. The van der Waals surface area contributed by atoms with E-state index in [0.29, 0.717) is 6.42 Å². The number of ether oxygens (including phenoxy) is 1. The number of hydrogen-bond donors (Lipinski definition) is 1. The van der Waals surface area contributed by atoms with Crippen molar-refractivity contribution in [2.75, 3.05) is 32.9 Å². The van der Waals surface area contributed by atoms with Crippen molar-refractivity contribution in [3.8, 4) is 11.8 Å². The highest BCUT2D eigenvalue weighted by atomic mass is 16.5. The van der Waals surface area contributed by atoms with Gasteiger partial charge in [-0.3, -0.25) is 4.90 Å². The molecule has 0 fully saturated rings. The minimum Gasteiger partial charge on any atom is -0.395 e. The van der Waals surface area contributed by atoms with Crippen molar-refractivity contribution in [1.82, 2.24) is 4.90 Å². The molecule has 0 bridgehead atoms. The number of benzene rings is 1. The van der Waals surface area contributed by atoms with Crippen LogP contribution in [-0.2, 0) is 11.3 Å². The highest BCUT2D eigenvalue weighted by Crippen LogP contribution is 2.08. The molecule has 3 heteroatoms. The molecule has 0 saturated heterocycles. The average molecular weight is 275 g/mol. The lowest BCUT2D eigenvalue weighted by molar-refractivity contribution is 0.113. The summed E-state index contributed by atoms with van der Waals surface area (Å²) in [6.45, 7) is 8.72. The van der Waals surface area contributed by atoms with E-state index in [0.717, 1.165) is 38.4 Å². The van der Waals surface area contributed by atoms with Gasteiger partial charge in [0.15, 0.2) is 0 Å². The summed E-state index contributed by atoms with van der Waals surface area (Å²) >= 11 is 0. The van der Waals surface area contributed by atoms with Gasteiger partial charge in [0.25, 0.3) is 0 Å². The molecule has 0 amide bonds. The molecule has 1 N–H and O–H groups in total. The van der Waals surface area contributed by atoms with Crippen molar-refractivity contribution in [2.45, 2.75) is 26.8 Å². The third kappa shape index (κ3) is 6.72. The van der Waals surface area contributed by atoms with E-state index in [2.05, 4.69) is 35.8 Å². The second kappa shape index (κ2) is 10.4. The van der Waals surface area contributed by atoms with E-state index in [9.17, 15) is 0 Å². The molecule has 0 aliphatic rings. The van der Waals surface area contributed by atoms with Gasteiger partial charge >= 0.3 is 0 Å². The summed E-state index contributed by atoms with van der Waals surface area (Å²) in [7, 11) is 0. The van der Waals surface area contributed by atoms with Crippen LogP contribution in [0.25, 0.3) is 0 Å². The lowest BCUT2D eigenvalue weighted by Gasteiger charge is -2.20. The zero-order valence-corrected chi connectivity index (χ0v) is 12.6. The second-order valence-electron chi connectivity index (χ2n) is 4.54. The number of aliphatic hydroxyl groups excluding tert-OH is 1. The van der Waals surface area contributed by atoms with Crippen molar-refractivity contribution >= 4 is 0 Å². The second-order valence-corrected chi connectivity index (χ2v) is 4.54. The Bertz CT molecular complexity index is 434. The number of aliphatic hydroxyl groups is 1. The quantitative estimate of drug-likeness (QED) is 0.583. The molecule has 3 nitrogen and oxygen atoms in total. The van der Waals surface area contributed by atoms with Crippen molar-refractivity contribution in [2.24, 2.45) is 0 Å². The third-order valence-corrected chi connectivity index (χ3v) is 3.01. The van der Waals surface area contributed by atoms with Gasteiger partial charge in [-0.05, 0) is 31.2 Å². The molecular formula is C17H25NO2. The number of nitrogens with zero attached hydrogens (tertiary/aromatic N) is 1. The predicted octanol–water partition coefficient (Wildman–Crippen LogP) is 2.28. The largest absolute Gasteiger partial charge is 0.395 e. The van der Waals surface area contributed by atoms with Crippen LogP contribution < -0.4 is 0 Å². The molecule has 0 aromatic heterocycles. The van der Waals surface area contributed by atoms with Gasteiger partial charge in [0.2, 0.25) is 0 Å². The number of likely N-dealkylation sites (N-methyl/N-ethyl adjacent to an activating group) is 1. The minimum absolute atomic E-state index is 0.119. The van der Waals surface area contributed by atoms with Gasteiger partial charge in [0, 0.05) is 31.7 Å². The van der Waals surface area contributed by atoms with Crippen LogP contribution in [0.4, 0.5) is 0 Å². The van der Waals surface area contributed by atoms with Crippen LogP contribution in [0.3, 0.4) is 0 Å². The van der Waals surface area contributed by atoms with Crippen molar-refractivity contribution in [1.29, 1.82) is 0 Å². The Morgan fingerprint density at radius 1 is 1.30 bits per heavy atom. The van der Waals surface area contributed by atoms with Crippen LogP contribution in [-0.4, -0.2) is 42.9 Å². The van der Waals surface area contributed by atoms with Gasteiger partial charge < -0.3 is 9.84 Å². The average Bonchev–Trinajstić information content (AvgIpc) is 2.47. The van der Waals surface area contributed by atoms with Crippen LogP contribution in [0.15, 0.2) is 24.3 Å². The molecule has 110 valence electrons. The fraction of sp³-hybridized carbons (Fsp3) is 0.529. The lowest BCUT2D eigenvalue weighted by atomic mass is 10.1. The van der Waals surface area contributed by atoms with Crippen molar-refractivity contribution in [3.63, 3.8) is 0 Å². The Morgan fingerprint density at radius 3 is 2.85 bits per heavy atom. The van der Waals surface area contributed by atoms with E-state index in [4.69, 9.17) is 9.84 Å². The maximum Gasteiger partial charge on any atom is 0.0593 e. The zero-order chi connectivity index (χ0) is 14.6. The third-order valence-electron chi connectivity index (χ3n) is 3.01. The van der Waals surface area contributed by atoms with E-state index >= 15 is 0 Å². The van der Waals surface area contributed by atoms with Gasteiger partial charge in [-0.2, -0.15) is 0 Å². The normalized spacial score (nSPS) is 10.4. The molecular weight excluding hydrogens is 250 g/mol. The minimum atomic E-state index is 0.119. The molecule has 0 aliphatic carbocycles. The highest BCUT2D eigenvalue weighted by molar-refractivity contribution is 5.37. The van der Waals surface area contributed by atoms with Gasteiger partial charge in [-0.25, -0.2) is 0 Å². The SMILES string of the molecule is CCOCCN(CC)Cc1cccc(C#CCCO)c1. The zero-order valence-electron chi connectivity index (χ0n) is 12.6. The van der Waals surface area contributed by atoms with Crippen LogP contribution in [0.2, 0.25) is 0 Å². The fourth-order valence-corrected chi connectivity index (χ4v) is 1.91. The summed E-state index contributed by atoms with van der Waals surface area (Å²) in [5.41, 5.74) is 2.27. The Labute approximate surface area is 122 Å². The molecule has 20 heavy (non-hydrogen) atoms. The molecule has 1 aromatic rings. The summed E-state index contributed by atoms with van der Waals surface area (Å²) in [6.07, 6.45) is 0.527. The molecule has 0 radical (unpaired) electrons. The first kappa shape index (κ1) is 16.7. The van der Waals surface area contributed by atoms with Gasteiger partial charge in [0.1, 0.15) is 0 Å². The lowest BCUT2D eigenvalue weighted by Crippen LogP contribution is -2.27. The molecule has 0 heterocycles. The molecule has 0 aliphatic heterocycles. The maximum atomic E-state index is 8.73. The highest BCUT2D eigenvalue weighted by Gasteiger charge is 2.03. The van der Waals surface area contributed by atoms with E-state index in [1.165, 1.54) is 5.56 Å². The summed E-state index contributed by atoms with van der Waals surface area (Å²) in [6, 6.07) is 8.29. The topological polar surface area (TPSA) is 32.7 Å². The van der Waals surface area contributed by atoms with E-state index in [1.54, 1.807) is 0 Å². The summed E-state index contributed by atoms with van der Waals surface area (Å²) in [5.74, 6) is 6.03. The van der Waals surface area contributed by atoms with E-state index in [-0.39, 0.29) is 6.61 Å². The molecule has 1 aromatic carbocycles. The first-order valence-corrected chi connectivity index (χ1v) is 7.28. The fourth-order valence-electron chi connectivity index (χ4n) is 1.91. The molecule has 1 rings (SSSR count). The first-order valence-electron chi connectivity index (χ1n) is 7.28. The van der Waals surface area contributed by atoms with Gasteiger partial charge in [-0.1, -0.05) is 30.9 Å². The summed E-state index contributed by atoms with van der Waals surface area (Å²) < 4.78 is 5.41. The number of hydrogen-bond acceptors (Lipinski definition) is 3. The van der Waals surface area contributed by atoms with Crippen LogP contribution in [0, 0.1) is 11.8 Å². The van der Waals surface area contributed by atoms with E-state index in [1.807, 2.05) is 19.1 Å². The first-order chi connectivity index (χ1) is 9.80.